The molecule has 2 fully saturated rings. The van der Waals surface area contributed by atoms with E-state index in [1.165, 1.54) is 0 Å². The summed E-state index contributed by atoms with van der Waals surface area (Å²) >= 11 is 0. The molecule has 0 radical (unpaired) electrons. The molecule has 3 N–H and O–H groups in total. The highest BCUT2D eigenvalue weighted by Crippen LogP contribution is 2.27. The Kier molecular flexibility index (Phi) is 5.37. The maximum Gasteiger partial charge on any atom is 0.237 e. The molecule has 0 aromatic rings. The summed E-state index contributed by atoms with van der Waals surface area (Å²) in [5.41, 5.74) is 5.32. The highest BCUT2D eigenvalue weighted by atomic mass is 16.5. The zero-order chi connectivity index (χ0) is 14.5. The molecule has 6 heteroatoms. The molecule has 6 nitrogen and oxygen atoms in total. The fourth-order valence-electron chi connectivity index (χ4n) is 3.20. The maximum absolute atomic E-state index is 12.8. The van der Waals surface area contributed by atoms with Gasteiger partial charge in [0.1, 0.15) is 0 Å². The van der Waals surface area contributed by atoms with Crippen LogP contribution in [-0.2, 0) is 14.3 Å². The third kappa shape index (κ3) is 3.49. The molecular formula is C14H25N3O3. The minimum absolute atomic E-state index is 0.0120. The van der Waals surface area contributed by atoms with Gasteiger partial charge in [0.2, 0.25) is 11.8 Å². The lowest BCUT2D eigenvalue weighted by Crippen LogP contribution is -2.53. The van der Waals surface area contributed by atoms with Gasteiger partial charge >= 0.3 is 0 Å². The first kappa shape index (κ1) is 15.3. The molecule has 3 atom stereocenters. The molecular weight excluding hydrogens is 258 g/mol. The van der Waals surface area contributed by atoms with E-state index in [0.717, 1.165) is 38.8 Å². The molecule has 2 aliphatic heterocycles. The second-order valence-electron chi connectivity index (χ2n) is 5.65. The molecule has 2 saturated heterocycles. The number of nitrogens with two attached hydrogens (primary N) is 1. The van der Waals surface area contributed by atoms with E-state index in [-0.39, 0.29) is 30.5 Å². The molecule has 0 saturated carbocycles. The van der Waals surface area contributed by atoms with Crippen LogP contribution in [0.2, 0.25) is 0 Å². The van der Waals surface area contributed by atoms with E-state index >= 15 is 0 Å². The molecule has 0 aromatic heterocycles. The Morgan fingerprint density at radius 2 is 2.20 bits per heavy atom. The highest BCUT2D eigenvalue weighted by molar-refractivity contribution is 5.86. The SMILES string of the molecule is CCC1OCCC1C(=O)N(CC(N)=O)C1CCCNC1. The molecule has 0 aliphatic carbocycles. The van der Waals surface area contributed by atoms with E-state index in [9.17, 15) is 9.59 Å². The van der Waals surface area contributed by atoms with Crippen LogP contribution in [0.4, 0.5) is 0 Å². The Morgan fingerprint density at radius 3 is 2.80 bits per heavy atom. The average Bonchev–Trinajstić information content (AvgIpc) is 2.93. The first-order valence-electron chi connectivity index (χ1n) is 7.54. The normalized spacial score (nSPS) is 30.1. The quantitative estimate of drug-likeness (QED) is 0.736. The number of carbonyl (C=O) groups excluding carboxylic acids is 2. The number of rotatable bonds is 5. The van der Waals surface area contributed by atoms with Gasteiger partial charge in [-0.3, -0.25) is 9.59 Å². The Bertz CT molecular complexity index is 356. The van der Waals surface area contributed by atoms with Crippen LogP contribution < -0.4 is 11.1 Å². The zero-order valence-electron chi connectivity index (χ0n) is 12.1. The molecule has 2 aliphatic rings. The van der Waals surface area contributed by atoms with Gasteiger partial charge in [0.05, 0.1) is 18.6 Å². The van der Waals surface area contributed by atoms with Gasteiger partial charge in [-0.15, -0.1) is 0 Å². The predicted octanol–water partition coefficient (Wildman–Crippen LogP) is -0.133. The fraction of sp³-hybridized carbons (Fsp3) is 0.857. The van der Waals surface area contributed by atoms with Gasteiger partial charge < -0.3 is 20.7 Å². The van der Waals surface area contributed by atoms with Crippen molar-refractivity contribution in [2.45, 2.75) is 44.8 Å². The number of carbonyl (C=O) groups is 2. The molecule has 0 spiro atoms. The summed E-state index contributed by atoms with van der Waals surface area (Å²) in [4.78, 5) is 25.7. The standard InChI is InChI=1S/C14H25N3O3/c1-2-12-11(5-7-20-12)14(19)17(9-13(15)18)10-4-3-6-16-8-10/h10-12,16H,2-9H2,1H3,(H2,15,18). The number of ether oxygens (including phenoxy) is 1. The van der Waals surface area contributed by atoms with Crippen molar-refractivity contribution in [3.63, 3.8) is 0 Å². The molecule has 2 heterocycles. The van der Waals surface area contributed by atoms with Crippen molar-refractivity contribution < 1.29 is 14.3 Å². The number of nitrogens with zero attached hydrogens (tertiary/aromatic N) is 1. The number of piperidine rings is 1. The number of hydrogen-bond acceptors (Lipinski definition) is 4. The summed E-state index contributed by atoms with van der Waals surface area (Å²) < 4.78 is 5.60. The molecule has 0 bridgehead atoms. The Hall–Kier alpha value is -1.14. The Labute approximate surface area is 120 Å². The molecule has 2 rings (SSSR count). The number of amides is 2. The third-order valence-corrected chi connectivity index (χ3v) is 4.25. The van der Waals surface area contributed by atoms with Crippen molar-refractivity contribution in [3.05, 3.63) is 0 Å². The third-order valence-electron chi connectivity index (χ3n) is 4.25. The fourth-order valence-corrected chi connectivity index (χ4v) is 3.20. The van der Waals surface area contributed by atoms with Crippen molar-refractivity contribution in [1.29, 1.82) is 0 Å². The summed E-state index contributed by atoms with van der Waals surface area (Å²) in [6.45, 7) is 4.37. The second-order valence-corrected chi connectivity index (χ2v) is 5.65. The highest BCUT2D eigenvalue weighted by Gasteiger charge is 2.38. The Balaban J connectivity index is 2.08. The largest absolute Gasteiger partial charge is 0.377 e. The second kappa shape index (κ2) is 7.04. The summed E-state index contributed by atoms with van der Waals surface area (Å²) in [5.74, 6) is -0.543. The predicted molar refractivity (Wildman–Crippen MR) is 74.9 cm³/mol. The molecule has 3 unspecified atom stereocenters. The topological polar surface area (TPSA) is 84.7 Å². The zero-order valence-corrected chi connectivity index (χ0v) is 12.1. The van der Waals surface area contributed by atoms with E-state index in [0.29, 0.717) is 6.61 Å². The summed E-state index contributed by atoms with van der Waals surface area (Å²) in [6.07, 6.45) is 3.49. The monoisotopic (exact) mass is 283 g/mol. The van der Waals surface area contributed by atoms with Gasteiger partial charge in [0, 0.05) is 19.2 Å². The van der Waals surface area contributed by atoms with Gasteiger partial charge in [-0.1, -0.05) is 6.92 Å². The lowest BCUT2D eigenvalue weighted by Gasteiger charge is -2.36. The number of primary amides is 1. The van der Waals surface area contributed by atoms with Gasteiger partial charge in [-0.2, -0.15) is 0 Å². The number of nitrogens with one attached hydrogen (secondary N) is 1. The smallest absolute Gasteiger partial charge is 0.237 e. The Morgan fingerprint density at radius 1 is 1.40 bits per heavy atom. The van der Waals surface area contributed by atoms with Crippen molar-refractivity contribution in [2.24, 2.45) is 11.7 Å². The first-order valence-corrected chi connectivity index (χ1v) is 7.54. The summed E-state index contributed by atoms with van der Waals surface area (Å²) in [5, 5.41) is 3.28. The van der Waals surface area contributed by atoms with Crippen molar-refractivity contribution >= 4 is 11.8 Å². The maximum atomic E-state index is 12.8. The van der Waals surface area contributed by atoms with E-state index < -0.39 is 5.91 Å². The van der Waals surface area contributed by atoms with E-state index in [2.05, 4.69) is 5.32 Å². The van der Waals surface area contributed by atoms with Crippen molar-refractivity contribution in [1.82, 2.24) is 10.2 Å². The average molecular weight is 283 g/mol. The van der Waals surface area contributed by atoms with Gasteiger partial charge in [0.15, 0.2) is 0 Å². The van der Waals surface area contributed by atoms with E-state index in [1.54, 1.807) is 4.90 Å². The van der Waals surface area contributed by atoms with Crippen LogP contribution in [0.25, 0.3) is 0 Å². The number of hydrogen-bond donors (Lipinski definition) is 2. The first-order chi connectivity index (χ1) is 9.63. The van der Waals surface area contributed by atoms with Crippen molar-refractivity contribution in [2.75, 3.05) is 26.2 Å². The summed E-state index contributed by atoms with van der Waals surface area (Å²) in [6, 6.07) is 0.0712. The van der Waals surface area contributed by atoms with E-state index in [1.807, 2.05) is 6.92 Å². The van der Waals surface area contributed by atoms with Crippen LogP contribution in [0.15, 0.2) is 0 Å². The molecule has 20 heavy (non-hydrogen) atoms. The van der Waals surface area contributed by atoms with Crippen LogP contribution in [0.5, 0.6) is 0 Å². The van der Waals surface area contributed by atoms with Crippen LogP contribution in [0.1, 0.15) is 32.6 Å². The lowest BCUT2D eigenvalue weighted by molar-refractivity contribution is -0.143. The minimum atomic E-state index is -0.448. The molecule has 114 valence electrons. The van der Waals surface area contributed by atoms with E-state index in [4.69, 9.17) is 10.5 Å². The van der Waals surface area contributed by atoms with Crippen LogP contribution in [0.3, 0.4) is 0 Å². The van der Waals surface area contributed by atoms with Gasteiger partial charge in [0.25, 0.3) is 0 Å². The molecule has 0 aromatic carbocycles. The minimum Gasteiger partial charge on any atom is -0.377 e. The van der Waals surface area contributed by atoms with Crippen molar-refractivity contribution in [3.8, 4) is 0 Å². The molecule has 2 amide bonds. The van der Waals surface area contributed by atoms with Crippen LogP contribution >= 0.6 is 0 Å². The summed E-state index contributed by atoms with van der Waals surface area (Å²) in [7, 11) is 0. The van der Waals surface area contributed by atoms with Crippen LogP contribution in [0, 0.1) is 5.92 Å². The van der Waals surface area contributed by atoms with Crippen LogP contribution in [-0.4, -0.2) is 55.1 Å². The van der Waals surface area contributed by atoms with Gasteiger partial charge in [-0.05, 0) is 32.2 Å². The lowest BCUT2D eigenvalue weighted by atomic mass is 9.95. The van der Waals surface area contributed by atoms with Gasteiger partial charge in [-0.25, -0.2) is 0 Å².